The SMILES string of the molecule is C[C@H](CNCC(C)(O)c1c[nH]c2ncccc12)NS(=O)(=O)c1ccc2cnccc2c1.Cl. The maximum absolute atomic E-state index is 12.8. The van der Waals surface area contributed by atoms with E-state index in [2.05, 4.69) is 25.0 Å². The lowest BCUT2D eigenvalue weighted by Gasteiger charge is -2.25. The molecule has 0 aliphatic heterocycles. The first-order chi connectivity index (χ1) is 14.8. The van der Waals surface area contributed by atoms with Gasteiger partial charge in [0, 0.05) is 60.3 Å². The summed E-state index contributed by atoms with van der Waals surface area (Å²) in [6, 6.07) is 10.1. The van der Waals surface area contributed by atoms with E-state index in [-0.39, 0.29) is 29.9 Å². The number of H-pyrrole nitrogens is 1. The van der Waals surface area contributed by atoms with Gasteiger partial charge < -0.3 is 15.4 Å². The minimum atomic E-state index is -3.68. The monoisotopic (exact) mass is 475 g/mol. The van der Waals surface area contributed by atoms with Gasteiger partial charge in [-0.15, -0.1) is 12.4 Å². The zero-order chi connectivity index (χ0) is 22.1. The molecule has 10 heteroatoms. The molecule has 4 rings (SSSR count). The summed E-state index contributed by atoms with van der Waals surface area (Å²) < 4.78 is 28.2. The van der Waals surface area contributed by atoms with E-state index in [1.807, 2.05) is 12.1 Å². The number of aromatic nitrogens is 3. The van der Waals surface area contributed by atoms with E-state index in [4.69, 9.17) is 0 Å². The second-order valence-electron chi connectivity index (χ2n) is 7.91. The minimum absolute atomic E-state index is 0. The van der Waals surface area contributed by atoms with Crippen LogP contribution >= 0.6 is 12.4 Å². The van der Waals surface area contributed by atoms with Crippen LogP contribution in [0.3, 0.4) is 0 Å². The van der Waals surface area contributed by atoms with Gasteiger partial charge in [0.1, 0.15) is 11.2 Å². The Bertz CT molecular complexity index is 1320. The number of fused-ring (bicyclic) bond motifs is 2. The number of aliphatic hydroxyl groups is 1. The predicted octanol–water partition coefficient (Wildman–Crippen LogP) is 2.70. The van der Waals surface area contributed by atoms with Crippen molar-refractivity contribution in [2.75, 3.05) is 13.1 Å². The summed E-state index contributed by atoms with van der Waals surface area (Å²) >= 11 is 0. The summed E-state index contributed by atoms with van der Waals surface area (Å²) in [6.45, 7) is 4.10. The standard InChI is InChI=1S/C22H25N5O3S.ClH/c1-15(27-31(29,30)18-6-5-17-12-23-9-7-16(17)10-18)11-24-14-22(2,28)20-13-26-21-19(20)4-3-8-25-21;/h3-10,12-13,15,24,27-28H,11,14H2,1-2H3,(H,25,26);1H/t15-,22?;/m1./s1. The number of rotatable bonds is 8. The molecule has 32 heavy (non-hydrogen) atoms. The first-order valence-electron chi connectivity index (χ1n) is 9.98. The Morgan fingerprint density at radius 2 is 2.00 bits per heavy atom. The van der Waals surface area contributed by atoms with Crippen molar-refractivity contribution in [1.82, 2.24) is 25.0 Å². The molecular weight excluding hydrogens is 450 g/mol. The predicted molar refractivity (Wildman–Crippen MR) is 127 cm³/mol. The Labute approximate surface area is 192 Å². The van der Waals surface area contributed by atoms with Gasteiger partial charge in [-0.25, -0.2) is 18.1 Å². The third-order valence-corrected chi connectivity index (χ3v) is 6.82. The van der Waals surface area contributed by atoms with Crippen molar-refractivity contribution in [1.29, 1.82) is 0 Å². The molecule has 2 atom stereocenters. The molecule has 0 aliphatic carbocycles. The highest BCUT2D eigenvalue weighted by atomic mass is 35.5. The van der Waals surface area contributed by atoms with Gasteiger partial charge in [0.05, 0.1) is 4.90 Å². The van der Waals surface area contributed by atoms with Gasteiger partial charge in [0.15, 0.2) is 0 Å². The zero-order valence-electron chi connectivity index (χ0n) is 17.7. The maximum atomic E-state index is 12.8. The number of pyridine rings is 2. The molecule has 0 aliphatic rings. The molecule has 170 valence electrons. The van der Waals surface area contributed by atoms with Crippen molar-refractivity contribution in [3.05, 3.63) is 66.7 Å². The van der Waals surface area contributed by atoms with E-state index < -0.39 is 15.6 Å². The average molecular weight is 476 g/mol. The quantitative estimate of drug-likeness (QED) is 0.311. The number of hydrogen-bond acceptors (Lipinski definition) is 6. The lowest BCUT2D eigenvalue weighted by molar-refractivity contribution is 0.0583. The second kappa shape index (κ2) is 9.51. The highest BCUT2D eigenvalue weighted by Crippen LogP contribution is 2.27. The largest absolute Gasteiger partial charge is 0.384 e. The van der Waals surface area contributed by atoms with Crippen LogP contribution in [0.5, 0.6) is 0 Å². The van der Waals surface area contributed by atoms with E-state index >= 15 is 0 Å². The Balaban J connectivity index is 0.00000289. The molecule has 8 nitrogen and oxygen atoms in total. The third-order valence-electron chi connectivity index (χ3n) is 5.23. The Morgan fingerprint density at radius 1 is 1.19 bits per heavy atom. The molecule has 3 heterocycles. The molecule has 0 fully saturated rings. The normalized spacial score (nSPS) is 14.7. The van der Waals surface area contributed by atoms with Gasteiger partial charge in [-0.3, -0.25) is 4.98 Å². The van der Waals surface area contributed by atoms with Gasteiger partial charge in [-0.05, 0) is 49.6 Å². The molecule has 0 bridgehead atoms. The topological polar surface area (TPSA) is 120 Å². The third kappa shape index (κ3) is 5.08. The van der Waals surface area contributed by atoms with Gasteiger partial charge in [-0.1, -0.05) is 6.07 Å². The molecular formula is C22H26ClN5O3S. The molecule has 0 saturated carbocycles. The Kier molecular flexibility index (Phi) is 7.16. The smallest absolute Gasteiger partial charge is 0.240 e. The van der Waals surface area contributed by atoms with Crippen LogP contribution in [-0.4, -0.2) is 47.6 Å². The van der Waals surface area contributed by atoms with E-state index in [0.29, 0.717) is 12.2 Å². The van der Waals surface area contributed by atoms with Gasteiger partial charge in [0.2, 0.25) is 10.0 Å². The number of sulfonamides is 1. The number of nitrogens with one attached hydrogen (secondary N) is 3. The number of hydrogen-bond donors (Lipinski definition) is 4. The average Bonchev–Trinajstić information content (AvgIpc) is 3.18. The van der Waals surface area contributed by atoms with E-state index in [1.165, 1.54) is 0 Å². The number of benzene rings is 1. The highest BCUT2D eigenvalue weighted by molar-refractivity contribution is 7.89. The summed E-state index contributed by atoms with van der Waals surface area (Å²) in [5.41, 5.74) is 0.304. The minimum Gasteiger partial charge on any atom is -0.384 e. The van der Waals surface area contributed by atoms with Gasteiger partial charge in [-0.2, -0.15) is 0 Å². The van der Waals surface area contributed by atoms with Crippen molar-refractivity contribution >= 4 is 44.2 Å². The van der Waals surface area contributed by atoms with Gasteiger partial charge in [0.25, 0.3) is 0 Å². The van der Waals surface area contributed by atoms with Crippen LogP contribution < -0.4 is 10.0 Å². The molecule has 0 amide bonds. The fraction of sp³-hybridized carbons (Fsp3) is 0.273. The molecule has 4 N–H and O–H groups in total. The lowest BCUT2D eigenvalue weighted by Crippen LogP contribution is -2.43. The molecule has 0 saturated heterocycles. The van der Waals surface area contributed by atoms with Crippen LogP contribution in [0.4, 0.5) is 0 Å². The summed E-state index contributed by atoms with van der Waals surface area (Å²) in [5, 5.41) is 16.7. The van der Waals surface area contributed by atoms with Gasteiger partial charge >= 0.3 is 0 Å². The molecule has 1 unspecified atom stereocenters. The van der Waals surface area contributed by atoms with Crippen LogP contribution in [0.2, 0.25) is 0 Å². The van der Waals surface area contributed by atoms with Crippen LogP contribution in [0.1, 0.15) is 19.4 Å². The molecule has 3 aromatic heterocycles. The van der Waals surface area contributed by atoms with E-state index in [9.17, 15) is 13.5 Å². The van der Waals surface area contributed by atoms with Crippen molar-refractivity contribution in [3.8, 4) is 0 Å². The fourth-order valence-corrected chi connectivity index (χ4v) is 4.91. The second-order valence-corrected chi connectivity index (χ2v) is 9.63. The summed E-state index contributed by atoms with van der Waals surface area (Å²) in [4.78, 5) is 11.6. The first-order valence-corrected chi connectivity index (χ1v) is 11.5. The fourth-order valence-electron chi connectivity index (χ4n) is 3.63. The molecule has 0 radical (unpaired) electrons. The van der Waals surface area contributed by atoms with E-state index in [1.54, 1.807) is 62.9 Å². The Hall–Kier alpha value is -2.56. The van der Waals surface area contributed by atoms with Crippen LogP contribution in [-0.2, 0) is 15.6 Å². The van der Waals surface area contributed by atoms with Crippen molar-refractivity contribution in [2.24, 2.45) is 0 Å². The molecule has 0 spiro atoms. The summed E-state index contributed by atoms with van der Waals surface area (Å²) in [6.07, 6.45) is 6.77. The van der Waals surface area contributed by atoms with Crippen LogP contribution in [0.25, 0.3) is 21.8 Å². The van der Waals surface area contributed by atoms with Crippen molar-refractivity contribution < 1.29 is 13.5 Å². The first kappa shape index (κ1) is 24.1. The summed E-state index contributed by atoms with van der Waals surface area (Å²) in [5.74, 6) is 0. The number of aromatic amines is 1. The van der Waals surface area contributed by atoms with Crippen LogP contribution in [0.15, 0.2) is 66.1 Å². The van der Waals surface area contributed by atoms with Crippen molar-refractivity contribution in [2.45, 2.75) is 30.4 Å². The van der Waals surface area contributed by atoms with E-state index in [0.717, 1.165) is 21.7 Å². The van der Waals surface area contributed by atoms with Crippen molar-refractivity contribution in [3.63, 3.8) is 0 Å². The Morgan fingerprint density at radius 3 is 2.81 bits per heavy atom. The highest BCUT2D eigenvalue weighted by Gasteiger charge is 2.27. The van der Waals surface area contributed by atoms with Crippen LogP contribution in [0, 0.1) is 0 Å². The summed E-state index contributed by atoms with van der Waals surface area (Å²) in [7, 11) is -3.68. The lowest BCUT2D eigenvalue weighted by atomic mass is 9.96. The molecule has 4 aromatic rings. The molecule has 1 aromatic carbocycles. The number of nitrogens with zero attached hydrogens (tertiary/aromatic N) is 2. The zero-order valence-corrected chi connectivity index (χ0v) is 19.4. The number of halogens is 1. The maximum Gasteiger partial charge on any atom is 0.240 e.